The molecule has 4 bridgehead atoms. The Balaban J connectivity index is 1.71. The maximum atomic E-state index is 14.9. The first kappa shape index (κ1) is 22.4. The molecule has 1 aromatic carbocycles. The van der Waals surface area contributed by atoms with E-state index in [9.17, 15) is 23.5 Å². The number of carboxylic acid groups (broad SMARTS) is 1. The second kappa shape index (κ2) is 7.96. The number of hydrogen-bond acceptors (Lipinski definition) is 4. The maximum Gasteiger partial charge on any atom is 0.339 e. The Hall–Kier alpha value is 0.210. The normalized spacial score (nSPS) is 31.6. The highest BCUT2D eigenvalue weighted by Gasteiger charge is 2.62. The lowest BCUT2D eigenvalue weighted by atomic mass is 9.47. The number of benzene rings is 1. The highest BCUT2D eigenvalue weighted by molar-refractivity contribution is 14.1. The summed E-state index contributed by atoms with van der Waals surface area (Å²) in [5.41, 5.74) is -0.806. The van der Waals surface area contributed by atoms with Crippen molar-refractivity contribution < 1.29 is 28.2 Å². The Morgan fingerprint density at radius 1 is 1.07 bits per heavy atom. The molecule has 1 unspecified atom stereocenters. The summed E-state index contributed by atoms with van der Waals surface area (Å²) in [5.74, 6) is -6.69. The molecule has 4 saturated carbocycles. The smallest absolute Gasteiger partial charge is 0.339 e. The van der Waals surface area contributed by atoms with Crippen LogP contribution in [0.25, 0.3) is 0 Å². The third-order valence-electron chi connectivity index (χ3n) is 6.68. The van der Waals surface area contributed by atoms with Crippen LogP contribution in [-0.2, 0) is 9.53 Å². The number of esters is 1. The van der Waals surface area contributed by atoms with E-state index in [1.165, 1.54) is 0 Å². The van der Waals surface area contributed by atoms with Gasteiger partial charge in [0.25, 0.3) is 0 Å². The van der Waals surface area contributed by atoms with Gasteiger partial charge in [-0.15, -0.1) is 0 Å². The third-order valence-corrected chi connectivity index (χ3v) is 10.3. The molecule has 29 heavy (non-hydrogen) atoms. The second-order valence-electron chi connectivity index (χ2n) is 8.72. The lowest BCUT2D eigenvalue weighted by Crippen LogP contribution is -2.62. The molecule has 0 radical (unpaired) electrons. The summed E-state index contributed by atoms with van der Waals surface area (Å²) in [4.78, 5) is 24.4. The summed E-state index contributed by atoms with van der Waals surface area (Å²) in [6.45, 7) is 0. The second-order valence-corrected chi connectivity index (χ2v) is 12.2. The van der Waals surface area contributed by atoms with Gasteiger partial charge in [-0.05, 0) is 136 Å². The van der Waals surface area contributed by atoms with Crippen LogP contribution in [0.1, 0.15) is 48.9 Å². The largest absolute Gasteiger partial charge is 0.544 e. The molecule has 0 spiro atoms. The molecule has 9 heteroatoms. The van der Waals surface area contributed by atoms with Gasteiger partial charge in [-0.1, -0.05) is 0 Å². The quantitative estimate of drug-likeness (QED) is 0.251. The first-order valence-corrected chi connectivity index (χ1v) is 12.7. The van der Waals surface area contributed by atoms with Crippen molar-refractivity contribution in [2.45, 2.75) is 50.6 Å². The zero-order valence-electron chi connectivity index (χ0n) is 15.2. The van der Waals surface area contributed by atoms with E-state index in [0.29, 0.717) is 40.6 Å². The van der Waals surface area contributed by atoms with E-state index in [1.807, 2.05) is 51.2 Å². The van der Waals surface area contributed by atoms with Crippen LogP contribution in [0.4, 0.5) is 8.78 Å². The average Bonchev–Trinajstić information content (AvgIpc) is 2.60. The topological polar surface area (TPSA) is 66.4 Å². The number of hydrogen-bond donors (Lipinski definition) is 0. The van der Waals surface area contributed by atoms with Crippen LogP contribution in [0, 0.1) is 33.9 Å². The van der Waals surface area contributed by atoms with Crippen molar-refractivity contribution >= 4 is 79.7 Å². The fourth-order valence-corrected chi connectivity index (χ4v) is 8.44. The molecule has 0 N–H and O–H groups in total. The van der Waals surface area contributed by atoms with Crippen LogP contribution >= 0.6 is 67.8 Å². The van der Waals surface area contributed by atoms with Crippen LogP contribution in [0.5, 0.6) is 0 Å². The van der Waals surface area contributed by atoms with Gasteiger partial charge in [0.05, 0.1) is 5.56 Å². The number of carboxylic acids is 1. The molecular formula is C20H18F2I3O4-. The van der Waals surface area contributed by atoms with E-state index < -0.39 is 29.4 Å². The lowest BCUT2D eigenvalue weighted by molar-refractivity contribution is -0.342. The van der Waals surface area contributed by atoms with Crippen molar-refractivity contribution in [2.75, 3.05) is 0 Å². The van der Waals surface area contributed by atoms with Crippen molar-refractivity contribution in [1.82, 2.24) is 0 Å². The Kier molecular flexibility index (Phi) is 6.15. The Bertz CT molecular complexity index is 838. The molecule has 158 valence electrons. The van der Waals surface area contributed by atoms with Crippen LogP contribution in [0.2, 0.25) is 0 Å². The molecule has 0 heterocycles. The van der Waals surface area contributed by atoms with Crippen molar-refractivity contribution in [3.05, 3.63) is 28.4 Å². The number of halogens is 5. The van der Waals surface area contributed by atoms with Crippen molar-refractivity contribution in [3.63, 3.8) is 0 Å². The molecule has 4 nitrogen and oxygen atoms in total. The monoisotopic (exact) mass is 741 g/mol. The summed E-state index contributed by atoms with van der Waals surface area (Å²) in [6, 6.07) is 3.45. The number of carbonyl (C=O) groups is 2. The molecule has 1 atom stereocenters. The molecule has 5 rings (SSSR count). The van der Waals surface area contributed by atoms with Gasteiger partial charge in [-0.2, -0.15) is 8.78 Å². The van der Waals surface area contributed by atoms with Gasteiger partial charge in [0.15, 0.2) is 6.10 Å². The summed E-state index contributed by atoms with van der Waals surface area (Å²) in [6.07, 6.45) is 2.46. The number of rotatable bonds is 5. The van der Waals surface area contributed by atoms with Gasteiger partial charge in [-0.25, -0.2) is 4.79 Å². The molecule has 0 aromatic heterocycles. The van der Waals surface area contributed by atoms with Crippen LogP contribution < -0.4 is 5.11 Å². The number of ether oxygens (including phenoxy) is 1. The predicted octanol–water partition coefficient (Wildman–Crippen LogP) is 4.63. The van der Waals surface area contributed by atoms with Gasteiger partial charge < -0.3 is 14.6 Å². The zero-order chi connectivity index (χ0) is 21.1. The van der Waals surface area contributed by atoms with E-state index in [0.717, 1.165) is 26.4 Å². The summed E-state index contributed by atoms with van der Waals surface area (Å²) < 4.78 is 37.4. The highest BCUT2D eigenvalue weighted by atomic mass is 127. The van der Waals surface area contributed by atoms with Gasteiger partial charge in [0, 0.05) is 16.1 Å². The Labute approximate surface area is 208 Å². The number of aliphatic carboxylic acids is 1. The van der Waals surface area contributed by atoms with E-state index in [-0.39, 0.29) is 5.56 Å². The van der Waals surface area contributed by atoms with Crippen molar-refractivity contribution in [1.29, 1.82) is 0 Å². The van der Waals surface area contributed by atoms with Gasteiger partial charge >= 0.3 is 11.9 Å². The molecule has 4 aliphatic carbocycles. The minimum absolute atomic E-state index is 0.186. The van der Waals surface area contributed by atoms with Gasteiger partial charge in [0.2, 0.25) is 0 Å². The Morgan fingerprint density at radius 2 is 1.59 bits per heavy atom. The third kappa shape index (κ3) is 4.05. The summed E-state index contributed by atoms with van der Waals surface area (Å²) in [5, 5.41) is 11.4. The van der Waals surface area contributed by atoms with Crippen LogP contribution in [-0.4, -0.2) is 24.0 Å². The first-order chi connectivity index (χ1) is 13.5. The van der Waals surface area contributed by atoms with Crippen LogP contribution in [0.3, 0.4) is 0 Å². The SMILES string of the molecule is O=C(OC(C12CC3CC(CC(C3)C1)C2)C(F)(F)C(=O)[O-])c1cc(I)cc(I)c1I. The molecule has 1 aromatic rings. The number of alkyl halides is 2. The summed E-state index contributed by atoms with van der Waals surface area (Å²) in [7, 11) is 0. The highest BCUT2D eigenvalue weighted by Crippen LogP contribution is 2.63. The van der Waals surface area contributed by atoms with E-state index >= 15 is 0 Å². The fraction of sp³-hybridized carbons (Fsp3) is 0.600. The molecule has 0 aliphatic heterocycles. The van der Waals surface area contributed by atoms with E-state index in [2.05, 4.69) is 22.6 Å². The van der Waals surface area contributed by atoms with Crippen molar-refractivity contribution in [3.8, 4) is 0 Å². The molecular weight excluding hydrogens is 723 g/mol. The predicted molar refractivity (Wildman–Crippen MR) is 124 cm³/mol. The molecule has 0 amide bonds. The van der Waals surface area contributed by atoms with Gasteiger partial charge in [0.1, 0.15) is 5.97 Å². The van der Waals surface area contributed by atoms with E-state index in [1.54, 1.807) is 6.07 Å². The molecule has 4 fully saturated rings. The first-order valence-electron chi connectivity index (χ1n) is 9.46. The minimum atomic E-state index is -4.23. The molecule has 0 saturated heterocycles. The number of carbonyl (C=O) groups excluding carboxylic acids is 2. The lowest BCUT2D eigenvalue weighted by Gasteiger charge is -2.59. The Morgan fingerprint density at radius 3 is 2.07 bits per heavy atom. The summed E-state index contributed by atoms with van der Waals surface area (Å²) >= 11 is 6.10. The van der Waals surface area contributed by atoms with E-state index in [4.69, 9.17) is 4.74 Å². The maximum absolute atomic E-state index is 14.9. The van der Waals surface area contributed by atoms with Crippen molar-refractivity contribution in [2.24, 2.45) is 23.2 Å². The fourth-order valence-electron chi connectivity index (χ4n) is 6.06. The average molecular weight is 741 g/mol. The standard InChI is InChI=1S/C20H19F2I3O4/c21-20(22,18(27)28)17(19-6-9-1-10(7-19)3-11(2-9)8-19)29-16(26)13-4-12(23)5-14(24)15(13)25/h4-5,9-11,17H,1-3,6-8H2,(H,27,28)/p-1. The zero-order valence-corrected chi connectivity index (χ0v) is 21.7. The van der Waals surface area contributed by atoms with Gasteiger partial charge in [-0.3, -0.25) is 0 Å². The minimum Gasteiger partial charge on any atom is -0.544 e. The van der Waals surface area contributed by atoms with Crippen LogP contribution in [0.15, 0.2) is 12.1 Å². The molecule has 4 aliphatic rings.